The molecular formula is C12H12FN3O. The molecule has 1 amide bonds. The van der Waals surface area contributed by atoms with Gasteiger partial charge in [0.15, 0.2) is 0 Å². The smallest absolute Gasteiger partial charge is 0.327 e. The molecule has 0 aliphatic carbocycles. The monoisotopic (exact) mass is 233 g/mol. The minimum Gasteiger partial charge on any atom is -0.331 e. The number of imidazole rings is 1. The van der Waals surface area contributed by atoms with Gasteiger partial charge in [0, 0.05) is 18.0 Å². The summed E-state index contributed by atoms with van der Waals surface area (Å²) >= 11 is 0. The predicted octanol–water partition coefficient (Wildman–Crippen LogP) is 2.34. The molecule has 2 aromatic rings. The number of benzene rings is 1. The molecule has 1 aromatic carbocycles. The van der Waals surface area contributed by atoms with Crippen LogP contribution in [0.3, 0.4) is 0 Å². The Morgan fingerprint density at radius 1 is 1.47 bits per heavy atom. The number of hydrogen-bond acceptors (Lipinski definition) is 2. The third-order valence-electron chi connectivity index (χ3n) is 2.45. The SMILES string of the molecule is CC(NC(=O)n1ccnc1)c1ccccc1F. The van der Waals surface area contributed by atoms with Crippen molar-refractivity contribution in [3.63, 3.8) is 0 Å². The van der Waals surface area contributed by atoms with Crippen molar-refractivity contribution in [2.24, 2.45) is 0 Å². The van der Waals surface area contributed by atoms with Crippen molar-refractivity contribution in [1.29, 1.82) is 0 Å². The largest absolute Gasteiger partial charge is 0.331 e. The Morgan fingerprint density at radius 2 is 2.24 bits per heavy atom. The van der Waals surface area contributed by atoms with Crippen LogP contribution in [0.1, 0.15) is 18.5 Å². The van der Waals surface area contributed by atoms with E-state index in [9.17, 15) is 9.18 Å². The molecule has 0 radical (unpaired) electrons. The van der Waals surface area contributed by atoms with Crippen LogP contribution in [0.2, 0.25) is 0 Å². The van der Waals surface area contributed by atoms with E-state index in [4.69, 9.17) is 0 Å². The second kappa shape index (κ2) is 4.78. The third-order valence-corrected chi connectivity index (χ3v) is 2.45. The number of carbonyl (C=O) groups excluding carboxylic acids is 1. The summed E-state index contributed by atoms with van der Waals surface area (Å²) in [6, 6.07) is 5.63. The summed E-state index contributed by atoms with van der Waals surface area (Å²) < 4.78 is 14.8. The first-order valence-electron chi connectivity index (χ1n) is 5.21. The van der Waals surface area contributed by atoms with Crippen molar-refractivity contribution in [3.05, 3.63) is 54.4 Å². The molecule has 0 saturated carbocycles. The van der Waals surface area contributed by atoms with Gasteiger partial charge in [-0.2, -0.15) is 0 Å². The van der Waals surface area contributed by atoms with Gasteiger partial charge in [-0.1, -0.05) is 18.2 Å². The minimum atomic E-state index is -0.397. The van der Waals surface area contributed by atoms with Crippen molar-refractivity contribution in [2.45, 2.75) is 13.0 Å². The molecule has 88 valence electrons. The van der Waals surface area contributed by atoms with E-state index in [1.807, 2.05) is 0 Å². The number of hydrogen-bond donors (Lipinski definition) is 1. The van der Waals surface area contributed by atoms with Gasteiger partial charge in [-0.3, -0.25) is 4.57 Å². The highest BCUT2D eigenvalue weighted by atomic mass is 19.1. The lowest BCUT2D eigenvalue weighted by Gasteiger charge is -2.14. The summed E-state index contributed by atoms with van der Waals surface area (Å²) in [7, 11) is 0. The fourth-order valence-electron chi connectivity index (χ4n) is 1.54. The molecule has 0 aliphatic heterocycles. The zero-order valence-corrected chi connectivity index (χ0v) is 9.30. The van der Waals surface area contributed by atoms with Gasteiger partial charge in [0.05, 0.1) is 6.04 Å². The van der Waals surface area contributed by atoms with Crippen LogP contribution in [0.15, 0.2) is 43.0 Å². The lowest BCUT2D eigenvalue weighted by atomic mass is 10.1. The zero-order valence-electron chi connectivity index (χ0n) is 9.30. The van der Waals surface area contributed by atoms with Gasteiger partial charge in [0.2, 0.25) is 0 Å². The number of halogens is 1. The van der Waals surface area contributed by atoms with E-state index in [2.05, 4.69) is 10.3 Å². The first kappa shape index (κ1) is 11.3. The highest BCUT2D eigenvalue weighted by molar-refractivity contribution is 5.76. The summed E-state index contributed by atoms with van der Waals surface area (Å²) in [5, 5.41) is 2.68. The lowest BCUT2D eigenvalue weighted by Crippen LogP contribution is -2.30. The van der Waals surface area contributed by atoms with E-state index >= 15 is 0 Å². The van der Waals surface area contributed by atoms with Gasteiger partial charge in [-0.15, -0.1) is 0 Å². The van der Waals surface area contributed by atoms with Gasteiger partial charge in [0.25, 0.3) is 0 Å². The van der Waals surface area contributed by atoms with E-state index in [-0.39, 0.29) is 11.8 Å². The van der Waals surface area contributed by atoms with Crippen LogP contribution in [0.5, 0.6) is 0 Å². The van der Waals surface area contributed by atoms with Gasteiger partial charge in [0.1, 0.15) is 12.1 Å². The second-order valence-corrected chi connectivity index (χ2v) is 3.66. The molecule has 17 heavy (non-hydrogen) atoms. The molecule has 2 rings (SSSR count). The molecule has 1 N–H and O–H groups in total. The Hall–Kier alpha value is -2.17. The number of amides is 1. The number of rotatable bonds is 2. The van der Waals surface area contributed by atoms with Crippen LogP contribution in [0, 0.1) is 5.82 Å². The first-order chi connectivity index (χ1) is 8.18. The molecule has 5 heteroatoms. The minimum absolute atomic E-state index is 0.328. The van der Waals surface area contributed by atoms with Crippen LogP contribution in [-0.2, 0) is 0 Å². The summed E-state index contributed by atoms with van der Waals surface area (Å²) in [5.74, 6) is -0.328. The van der Waals surface area contributed by atoms with Crippen molar-refractivity contribution in [2.75, 3.05) is 0 Å². The van der Waals surface area contributed by atoms with Crippen LogP contribution < -0.4 is 5.32 Å². The van der Waals surface area contributed by atoms with E-state index in [1.165, 1.54) is 29.4 Å². The van der Waals surface area contributed by atoms with E-state index in [0.29, 0.717) is 5.56 Å². The maximum atomic E-state index is 13.5. The van der Waals surface area contributed by atoms with Crippen LogP contribution >= 0.6 is 0 Å². The molecule has 1 heterocycles. The standard InChI is InChI=1S/C12H12FN3O/c1-9(10-4-2-3-5-11(10)13)15-12(17)16-7-6-14-8-16/h2-9H,1H3,(H,15,17). The van der Waals surface area contributed by atoms with Gasteiger partial charge >= 0.3 is 6.03 Å². The van der Waals surface area contributed by atoms with Crippen molar-refractivity contribution < 1.29 is 9.18 Å². The van der Waals surface area contributed by atoms with Crippen molar-refractivity contribution >= 4 is 6.03 Å². The second-order valence-electron chi connectivity index (χ2n) is 3.66. The van der Waals surface area contributed by atoms with Crippen molar-refractivity contribution in [3.8, 4) is 0 Å². The summed E-state index contributed by atoms with van der Waals surface area (Å²) in [5.41, 5.74) is 0.459. The summed E-state index contributed by atoms with van der Waals surface area (Å²) in [6.07, 6.45) is 4.43. The normalized spacial score (nSPS) is 12.1. The van der Waals surface area contributed by atoms with Crippen LogP contribution in [-0.4, -0.2) is 15.6 Å². The molecule has 4 nitrogen and oxygen atoms in total. The Bertz CT molecular complexity index is 510. The number of carbonyl (C=O) groups is 1. The molecule has 1 unspecified atom stereocenters. The fourth-order valence-corrected chi connectivity index (χ4v) is 1.54. The van der Waals surface area contributed by atoms with Gasteiger partial charge in [-0.05, 0) is 13.0 Å². The molecule has 1 atom stereocenters. The molecule has 0 bridgehead atoms. The lowest BCUT2D eigenvalue weighted by molar-refractivity contribution is 0.239. The summed E-state index contributed by atoms with van der Waals surface area (Å²) in [6.45, 7) is 1.73. The number of aromatic nitrogens is 2. The average molecular weight is 233 g/mol. The maximum absolute atomic E-state index is 13.5. The van der Waals surface area contributed by atoms with Crippen molar-refractivity contribution in [1.82, 2.24) is 14.9 Å². The van der Waals surface area contributed by atoms with Crippen LogP contribution in [0.4, 0.5) is 9.18 Å². The summed E-state index contributed by atoms with van der Waals surface area (Å²) in [4.78, 5) is 15.5. The number of nitrogens with one attached hydrogen (secondary N) is 1. The highest BCUT2D eigenvalue weighted by Crippen LogP contribution is 2.15. The maximum Gasteiger partial charge on any atom is 0.327 e. The van der Waals surface area contributed by atoms with E-state index < -0.39 is 6.04 Å². The molecule has 0 saturated heterocycles. The third kappa shape index (κ3) is 2.50. The number of nitrogens with zero attached hydrogens (tertiary/aromatic N) is 2. The van der Waals surface area contributed by atoms with E-state index in [1.54, 1.807) is 25.1 Å². The highest BCUT2D eigenvalue weighted by Gasteiger charge is 2.13. The Kier molecular flexibility index (Phi) is 3.18. The molecule has 0 spiro atoms. The molecule has 0 fully saturated rings. The Morgan fingerprint density at radius 3 is 2.88 bits per heavy atom. The molecular weight excluding hydrogens is 221 g/mol. The molecule has 1 aromatic heterocycles. The predicted molar refractivity (Wildman–Crippen MR) is 61.0 cm³/mol. The van der Waals surface area contributed by atoms with Gasteiger partial charge in [-0.25, -0.2) is 14.2 Å². The molecule has 0 aliphatic rings. The topological polar surface area (TPSA) is 46.9 Å². The van der Waals surface area contributed by atoms with Crippen LogP contribution in [0.25, 0.3) is 0 Å². The fraction of sp³-hybridized carbons (Fsp3) is 0.167. The Balaban J connectivity index is 2.10. The Labute approximate surface area is 98.1 Å². The quantitative estimate of drug-likeness (QED) is 0.865. The average Bonchev–Trinajstić information content (AvgIpc) is 2.82. The van der Waals surface area contributed by atoms with Gasteiger partial charge < -0.3 is 5.32 Å². The first-order valence-corrected chi connectivity index (χ1v) is 5.21. The van der Waals surface area contributed by atoms with E-state index in [0.717, 1.165) is 0 Å². The zero-order chi connectivity index (χ0) is 12.3.